The largest absolute Gasteiger partial charge is 0.326 e. The predicted molar refractivity (Wildman–Crippen MR) is 87.5 cm³/mol. The van der Waals surface area contributed by atoms with Crippen LogP contribution in [0.4, 0.5) is 4.39 Å². The molecule has 0 radical (unpaired) electrons. The number of hydrogen-bond donors (Lipinski definition) is 0. The molecule has 2 aromatic carbocycles. The van der Waals surface area contributed by atoms with Gasteiger partial charge in [-0.05, 0) is 43.9 Å². The molecule has 3 rings (SSSR count). The van der Waals surface area contributed by atoms with E-state index >= 15 is 0 Å². The van der Waals surface area contributed by atoms with Crippen LogP contribution in [0.5, 0.6) is 0 Å². The molecule has 0 amide bonds. The van der Waals surface area contributed by atoms with Crippen molar-refractivity contribution in [3.8, 4) is 0 Å². The van der Waals surface area contributed by atoms with E-state index < -0.39 is 0 Å². The summed E-state index contributed by atoms with van der Waals surface area (Å²) in [5.74, 6) is 0.780. The van der Waals surface area contributed by atoms with E-state index in [2.05, 4.69) is 29.6 Å². The number of benzene rings is 2. The Balaban J connectivity index is 1.98. The minimum Gasteiger partial charge on any atom is -0.326 e. The van der Waals surface area contributed by atoms with Gasteiger partial charge in [0.2, 0.25) is 0 Å². The number of halogens is 1. The molecule has 22 heavy (non-hydrogen) atoms. The first-order valence-electron chi connectivity index (χ1n) is 7.47. The van der Waals surface area contributed by atoms with Gasteiger partial charge in [0.15, 0.2) is 0 Å². The van der Waals surface area contributed by atoms with Crippen molar-refractivity contribution in [2.24, 2.45) is 0 Å². The fourth-order valence-electron chi connectivity index (χ4n) is 2.64. The van der Waals surface area contributed by atoms with Crippen LogP contribution >= 0.6 is 0 Å². The van der Waals surface area contributed by atoms with Gasteiger partial charge in [-0.1, -0.05) is 24.3 Å². The van der Waals surface area contributed by atoms with E-state index in [4.69, 9.17) is 4.98 Å². The third-order valence-corrected chi connectivity index (χ3v) is 3.76. The molecule has 0 saturated heterocycles. The highest BCUT2D eigenvalue weighted by molar-refractivity contribution is 5.76. The van der Waals surface area contributed by atoms with Crippen molar-refractivity contribution in [2.75, 3.05) is 20.6 Å². The molecule has 114 valence electrons. The zero-order valence-corrected chi connectivity index (χ0v) is 13.0. The van der Waals surface area contributed by atoms with Gasteiger partial charge in [-0.2, -0.15) is 0 Å². The van der Waals surface area contributed by atoms with Crippen molar-refractivity contribution in [1.29, 1.82) is 0 Å². The van der Waals surface area contributed by atoms with Crippen LogP contribution in [0.1, 0.15) is 11.4 Å². The molecule has 3 aromatic rings. The lowest BCUT2D eigenvalue weighted by Crippen LogP contribution is -2.19. The van der Waals surface area contributed by atoms with Crippen LogP contribution in [0.25, 0.3) is 11.0 Å². The summed E-state index contributed by atoms with van der Waals surface area (Å²) in [5, 5.41) is 0. The minimum atomic E-state index is -0.201. The lowest BCUT2D eigenvalue weighted by atomic mass is 10.1. The van der Waals surface area contributed by atoms with E-state index in [9.17, 15) is 4.39 Å². The summed E-state index contributed by atoms with van der Waals surface area (Å²) in [4.78, 5) is 6.89. The summed E-state index contributed by atoms with van der Waals surface area (Å²) in [6.45, 7) is 1.81. The lowest BCUT2D eigenvalue weighted by Gasteiger charge is -2.13. The average molecular weight is 297 g/mol. The van der Waals surface area contributed by atoms with Gasteiger partial charge < -0.3 is 9.47 Å². The van der Waals surface area contributed by atoms with E-state index in [1.165, 1.54) is 6.07 Å². The zero-order chi connectivity index (χ0) is 15.5. The Morgan fingerprint density at radius 3 is 2.68 bits per heavy atom. The number of para-hydroxylation sites is 2. The Morgan fingerprint density at radius 1 is 1.09 bits per heavy atom. The van der Waals surface area contributed by atoms with Crippen LogP contribution in [0, 0.1) is 5.82 Å². The summed E-state index contributed by atoms with van der Waals surface area (Å²) in [7, 11) is 4.12. The monoisotopic (exact) mass is 297 g/mol. The van der Waals surface area contributed by atoms with Crippen molar-refractivity contribution in [3.05, 3.63) is 65.7 Å². The maximum absolute atomic E-state index is 13.4. The highest BCUT2D eigenvalue weighted by atomic mass is 19.1. The fraction of sp³-hybridized carbons (Fsp3) is 0.278. The van der Waals surface area contributed by atoms with E-state index in [1.54, 1.807) is 12.1 Å². The molecule has 0 saturated carbocycles. The Kier molecular flexibility index (Phi) is 4.20. The van der Waals surface area contributed by atoms with E-state index in [0.717, 1.165) is 35.5 Å². The number of imidazole rings is 1. The number of aromatic nitrogens is 2. The third kappa shape index (κ3) is 3.17. The number of likely N-dealkylation sites (N-methyl/N-ethyl adjacent to an activating group) is 1. The highest BCUT2D eigenvalue weighted by Gasteiger charge is 2.11. The Bertz CT molecular complexity index is 777. The van der Waals surface area contributed by atoms with Gasteiger partial charge in [0.05, 0.1) is 11.0 Å². The van der Waals surface area contributed by atoms with Crippen LogP contribution in [0.15, 0.2) is 48.5 Å². The summed E-state index contributed by atoms with van der Waals surface area (Å²) in [6, 6.07) is 14.9. The van der Waals surface area contributed by atoms with Crippen molar-refractivity contribution in [1.82, 2.24) is 14.5 Å². The molecule has 1 aromatic heterocycles. The quantitative estimate of drug-likeness (QED) is 0.720. The third-order valence-electron chi connectivity index (χ3n) is 3.76. The highest BCUT2D eigenvalue weighted by Crippen LogP contribution is 2.19. The smallest absolute Gasteiger partial charge is 0.123 e. The van der Waals surface area contributed by atoms with Crippen molar-refractivity contribution >= 4 is 11.0 Å². The maximum Gasteiger partial charge on any atom is 0.123 e. The van der Waals surface area contributed by atoms with E-state index in [-0.39, 0.29) is 5.82 Å². The second-order valence-electron chi connectivity index (χ2n) is 5.78. The molecule has 4 heteroatoms. The molecule has 0 aliphatic carbocycles. The van der Waals surface area contributed by atoms with Crippen LogP contribution < -0.4 is 0 Å². The molecule has 0 unspecified atom stereocenters. The summed E-state index contributed by atoms with van der Waals surface area (Å²) < 4.78 is 15.6. The lowest BCUT2D eigenvalue weighted by molar-refractivity contribution is 0.384. The van der Waals surface area contributed by atoms with Crippen LogP contribution in [0.2, 0.25) is 0 Å². The van der Waals surface area contributed by atoms with E-state index in [0.29, 0.717) is 6.42 Å². The van der Waals surface area contributed by atoms with Crippen LogP contribution in [-0.4, -0.2) is 35.1 Å². The van der Waals surface area contributed by atoms with E-state index in [1.807, 2.05) is 24.3 Å². The summed E-state index contributed by atoms with van der Waals surface area (Å²) >= 11 is 0. The molecule has 0 aliphatic rings. The molecule has 3 nitrogen and oxygen atoms in total. The van der Waals surface area contributed by atoms with Crippen LogP contribution in [-0.2, 0) is 13.0 Å². The van der Waals surface area contributed by atoms with Gasteiger partial charge in [0, 0.05) is 19.5 Å². The maximum atomic E-state index is 13.4. The summed E-state index contributed by atoms with van der Waals surface area (Å²) in [6.07, 6.45) is 0.639. The second-order valence-corrected chi connectivity index (χ2v) is 5.78. The Hall–Kier alpha value is -2.20. The molecular weight excluding hydrogens is 277 g/mol. The Labute approximate surface area is 130 Å². The zero-order valence-electron chi connectivity index (χ0n) is 13.0. The summed E-state index contributed by atoms with van der Waals surface area (Å²) in [5.41, 5.74) is 3.07. The fourth-order valence-corrected chi connectivity index (χ4v) is 2.64. The molecule has 0 fully saturated rings. The number of nitrogens with zero attached hydrogens (tertiary/aromatic N) is 3. The normalized spacial score (nSPS) is 11.5. The molecule has 0 spiro atoms. The topological polar surface area (TPSA) is 21.1 Å². The molecule has 0 aliphatic heterocycles. The van der Waals surface area contributed by atoms with Gasteiger partial charge in [0.25, 0.3) is 0 Å². The molecule has 0 N–H and O–H groups in total. The Morgan fingerprint density at radius 2 is 1.91 bits per heavy atom. The predicted octanol–water partition coefficient (Wildman–Crippen LogP) is 3.33. The average Bonchev–Trinajstić information content (AvgIpc) is 2.82. The van der Waals surface area contributed by atoms with Gasteiger partial charge in [0.1, 0.15) is 11.6 Å². The van der Waals surface area contributed by atoms with Gasteiger partial charge >= 0.3 is 0 Å². The van der Waals surface area contributed by atoms with Gasteiger partial charge in [-0.25, -0.2) is 9.37 Å². The van der Waals surface area contributed by atoms with Crippen molar-refractivity contribution in [3.63, 3.8) is 0 Å². The van der Waals surface area contributed by atoms with Crippen LogP contribution in [0.3, 0.4) is 0 Å². The SMILES string of the molecule is CN(C)CCn1c(Cc2cccc(F)c2)nc2ccccc21. The minimum absolute atomic E-state index is 0.201. The number of fused-ring (bicyclic) bond motifs is 1. The number of rotatable bonds is 5. The first-order chi connectivity index (χ1) is 10.6. The first-order valence-corrected chi connectivity index (χ1v) is 7.47. The van der Waals surface area contributed by atoms with Gasteiger partial charge in [-0.15, -0.1) is 0 Å². The number of hydrogen-bond acceptors (Lipinski definition) is 2. The first kappa shape index (κ1) is 14.7. The molecule has 0 atom stereocenters. The standard InChI is InChI=1S/C18H20FN3/c1-21(2)10-11-22-17-9-4-3-8-16(17)20-18(22)13-14-6-5-7-15(19)12-14/h3-9,12H,10-11,13H2,1-2H3. The molecular formula is C18H20FN3. The van der Waals surface area contributed by atoms with Crippen molar-refractivity contribution < 1.29 is 4.39 Å². The molecule has 0 bridgehead atoms. The van der Waals surface area contributed by atoms with Gasteiger partial charge in [-0.3, -0.25) is 0 Å². The second kappa shape index (κ2) is 6.28. The molecule has 1 heterocycles. The van der Waals surface area contributed by atoms with Crippen molar-refractivity contribution in [2.45, 2.75) is 13.0 Å².